The van der Waals surface area contributed by atoms with Gasteiger partial charge in [0.1, 0.15) is 6.54 Å². The topological polar surface area (TPSA) is 78.9 Å². The number of halogens is 3. The van der Waals surface area contributed by atoms with Crippen molar-refractivity contribution in [2.24, 2.45) is 5.41 Å². The van der Waals surface area contributed by atoms with Gasteiger partial charge >= 0.3 is 6.18 Å². The van der Waals surface area contributed by atoms with E-state index in [2.05, 4.69) is 34.1 Å². The molecule has 0 N–H and O–H groups in total. The molecular formula is C22H26F3N5O2. The molecule has 0 fully saturated rings. The zero-order valence-electron chi connectivity index (χ0n) is 18.8. The molecule has 32 heavy (non-hydrogen) atoms. The Morgan fingerprint density at radius 1 is 1.25 bits per heavy atom. The molecule has 3 heterocycles. The number of ether oxygens (including phenoxy) is 1. The van der Waals surface area contributed by atoms with Crippen LogP contribution in [0.2, 0.25) is 0 Å². The number of hydrogen-bond donors (Lipinski definition) is 0. The Morgan fingerprint density at radius 2 is 2.00 bits per heavy atom. The molecule has 0 atom stereocenters. The van der Waals surface area contributed by atoms with Crippen LogP contribution < -0.4 is 4.74 Å². The van der Waals surface area contributed by atoms with Gasteiger partial charge < -0.3 is 9.26 Å². The minimum absolute atomic E-state index is 0.101. The highest BCUT2D eigenvalue weighted by Gasteiger charge is 2.37. The Bertz CT molecular complexity index is 1150. The Hall–Kier alpha value is -2.91. The van der Waals surface area contributed by atoms with E-state index in [0.717, 1.165) is 22.2 Å². The molecule has 7 nitrogen and oxygen atoms in total. The molecule has 0 unspecified atom stereocenters. The van der Waals surface area contributed by atoms with Crippen molar-refractivity contribution < 1.29 is 22.4 Å². The van der Waals surface area contributed by atoms with E-state index < -0.39 is 12.7 Å². The van der Waals surface area contributed by atoms with Gasteiger partial charge in [-0.1, -0.05) is 25.9 Å². The number of methoxy groups -OCH3 is 1. The zero-order chi connectivity index (χ0) is 23.3. The smallest absolute Gasteiger partial charge is 0.408 e. The van der Waals surface area contributed by atoms with Gasteiger partial charge in [0.2, 0.25) is 11.7 Å². The number of fused-ring (bicyclic) bond motifs is 1. The van der Waals surface area contributed by atoms with Crippen LogP contribution in [0.5, 0.6) is 5.88 Å². The minimum atomic E-state index is -4.37. The fraction of sp³-hybridized carbons (Fsp3) is 0.545. The van der Waals surface area contributed by atoms with Gasteiger partial charge in [-0.25, -0.2) is 4.98 Å². The van der Waals surface area contributed by atoms with Gasteiger partial charge in [-0.3, -0.25) is 4.68 Å². The zero-order valence-corrected chi connectivity index (χ0v) is 18.8. The van der Waals surface area contributed by atoms with E-state index in [0.29, 0.717) is 53.6 Å². The summed E-state index contributed by atoms with van der Waals surface area (Å²) in [6.45, 7) is 6.76. The fourth-order valence-corrected chi connectivity index (χ4v) is 4.18. The van der Waals surface area contributed by atoms with Gasteiger partial charge in [0.05, 0.1) is 12.8 Å². The van der Waals surface area contributed by atoms with E-state index in [1.165, 1.54) is 0 Å². The van der Waals surface area contributed by atoms with Crippen LogP contribution in [0.1, 0.15) is 49.7 Å². The van der Waals surface area contributed by atoms with Crippen LogP contribution in [0.15, 0.2) is 10.6 Å². The summed E-state index contributed by atoms with van der Waals surface area (Å²) in [4.78, 5) is 8.94. The molecule has 0 saturated carbocycles. The first-order chi connectivity index (χ1) is 15.0. The van der Waals surface area contributed by atoms with Crippen molar-refractivity contribution in [2.75, 3.05) is 7.11 Å². The van der Waals surface area contributed by atoms with Crippen molar-refractivity contribution in [3.05, 3.63) is 28.6 Å². The SMILES string of the molecule is CCc1cc(-c2noc(-c3nn(CC(F)(F)F)c4c3CCC(C)(C)C4)n2)c(C)nc1OC. The third-order valence-electron chi connectivity index (χ3n) is 5.89. The van der Waals surface area contributed by atoms with Gasteiger partial charge in [-0.15, -0.1) is 0 Å². The maximum absolute atomic E-state index is 13.2. The molecular weight excluding hydrogens is 423 g/mol. The molecule has 0 spiro atoms. The average molecular weight is 449 g/mol. The third kappa shape index (κ3) is 4.22. The van der Waals surface area contributed by atoms with Crippen molar-refractivity contribution in [1.82, 2.24) is 24.9 Å². The predicted molar refractivity (Wildman–Crippen MR) is 111 cm³/mol. The second-order valence-electron chi connectivity index (χ2n) is 8.95. The molecule has 1 aliphatic rings. The van der Waals surface area contributed by atoms with Crippen molar-refractivity contribution in [3.63, 3.8) is 0 Å². The quantitative estimate of drug-likeness (QED) is 0.548. The van der Waals surface area contributed by atoms with Crippen LogP contribution in [0.3, 0.4) is 0 Å². The van der Waals surface area contributed by atoms with Gasteiger partial charge in [0.25, 0.3) is 5.89 Å². The molecule has 0 radical (unpaired) electrons. The van der Waals surface area contributed by atoms with Gasteiger partial charge in [-0.2, -0.15) is 23.3 Å². The largest absolute Gasteiger partial charge is 0.481 e. The summed E-state index contributed by atoms with van der Waals surface area (Å²) in [5.41, 5.74) is 3.81. The average Bonchev–Trinajstić information content (AvgIpc) is 3.31. The number of aryl methyl sites for hydroxylation is 2. The number of hydrogen-bond acceptors (Lipinski definition) is 6. The highest BCUT2D eigenvalue weighted by atomic mass is 19.4. The summed E-state index contributed by atoms with van der Waals surface area (Å²) in [5.74, 6) is 0.975. The summed E-state index contributed by atoms with van der Waals surface area (Å²) in [6.07, 6.45) is -1.71. The maximum atomic E-state index is 13.2. The summed E-state index contributed by atoms with van der Waals surface area (Å²) in [5, 5.41) is 8.35. The normalized spacial score (nSPS) is 15.6. The Kier molecular flexibility index (Phi) is 5.50. The number of nitrogens with zero attached hydrogens (tertiary/aromatic N) is 5. The van der Waals surface area contributed by atoms with E-state index >= 15 is 0 Å². The highest BCUT2D eigenvalue weighted by Crippen LogP contribution is 2.40. The molecule has 10 heteroatoms. The second-order valence-corrected chi connectivity index (χ2v) is 8.95. The molecule has 3 aromatic rings. The van der Waals surface area contributed by atoms with Gasteiger partial charge in [-0.05, 0) is 44.1 Å². The third-order valence-corrected chi connectivity index (χ3v) is 5.89. The lowest BCUT2D eigenvalue weighted by Crippen LogP contribution is -2.27. The lowest BCUT2D eigenvalue weighted by Gasteiger charge is -2.30. The minimum Gasteiger partial charge on any atom is -0.481 e. The summed E-state index contributed by atoms with van der Waals surface area (Å²) in [6, 6.07) is 1.90. The van der Waals surface area contributed by atoms with Crippen molar-refractivity contribution in [1.29, 1.82) is 0 Å². The van der Waals surface area contributed by atoms with Crippen LogP contribution in [0.25, 0.3) is 23.0 Å². The van der Waals surface area contributed by atoms with Crippen LogP contribution in [0, 0.1) is 12.3 Å². The Balaban J connectivity index is 1.77. The van der Waals surface area contributed by atoms with Crippen LogP contribution >= 0.6 is 0 Å². The lowest BCUT2D eigenvalue weighted by molar-refractivity contribution is -0.143. The number of pyridine rings is 1. The van der Waals surface area contributed by atoms with E-state index in [-0.39, 0.29) is 11.3 Å². The standard InChI is InChI=1S/C22H26F3N5O2/c1-6-13-9-15(12(2)26-19(13)31-5)18-27-20(32-29-18)17-14-7-8-21(3,4)10-16(14)30(28-17)11-22(23,24)25/h9H,6-8,10-11H2,1-5H3. The number of aromatic nitrogens is 5. The number of rotatable bonds is 5. The monoisotopic (exact) mass is 449 g/mol. The molecule has 0 aliphatic heterocycles. The Morgan fingerprint density at radius 3 is 2.66 bits per heavy atom. The van der Waals surface area contributed by atoms with Gasteiger partial charge in [0.15, 0.2) is 5.69 Å². The molecule has 4 rings (SSSR count). The fourth-order valence-electron chi connectivity index (χ4n) is 4.18. The first-order valence-corrected chi connectivity index (χ1v) is 10.6. The van der Waals surface area contributed by atoms with E-state index in [1.54, 1.807) is 7.11 Å². The maximum Gasteiger partial charge on any atom is 0.408 e. The molecule has 1 aliphatic carbocycles. The molecule has 172 valence electrons. The van der Waals surface area contributed by atoms with Crippen LogP contribution in [-0.4, -0.2) is 38.2 Å². The molecule has 3 aromatic heterocycles. The molecule has 0 aromatic carbocycles. The lowest BCUT2D eigenvalue weighted by atomic mass is 9.76. The molecule has 0 saturated heterocycles. The summed E-state index contributed by atoms with van der Waals surface area (Å²) in [7, 11) is 1.56. The van der Waals surface area contributed by atoms with Crippen LogP contribution in [-0.2, 0) is 25.8 Å². The van der Waals surface area contributed by atoms with E-state index in [1.807, 2.05) is 19.9 Å². The van der Waals surface area contributed by atoms with Gasteiger partial charge in [0, 0.05) is 22.4 Å². The first kappa shape index (κ1) is 22.3. The van der Waals surface area contributed by atoms with E-state index in [4.69, 9.17) is 9.26 Å². The molecule has 0 bridgehead atoms. The molecule has 0 amide bonds. The first-order valence-electron chi connectivity index (χ1n) is 10.6. The van der Waals surface area contributed by atoms with Crippen molar-refractivity contribution in [2.45, 2.75) is 66.1 Å². The van der Waals surface area contributed by atoms with E-state index in [9.17, 15) is 13.2 Å². The highest BCUT2D eigenvalue weighted by molar-refractivity contribution is 5.63. The van der Waals surface area contributed by atoms with Crippen molar-refractivity contribution in [3.8, 4) is 28.9 Å². The number of alkyl halides is 3. The van der Waals surface area contributed by atoms with Crippen LogP contribution in [0.4, 0.5) is 13.2 Å². The Labute approximate surface area is 184 Å². The summed E-state index contributed by atoms with van der Waals surface area (Å²) >= 11 is 0. The van der Waals surface area contributed by atoms with Crippen molar-refractivity contribution >= 4 is 0 Å². The predicted octanol–water partition coefficient (Wildman–Crippen LogP) is 4.95. The second kappa shape index (κ2) is 7.90. The summed E-state index contributed by atoms with van der Waals surface area (Å²) < 4.78 is 51.4.